The molecule has 1 heterocycles. The van der Waals surface area contributed by atoms with Crippen molar-refractivity contribution >= 4 is 27.9 Å². The smallest absolute Gasteiger partial charge is 0.308 e. The van der Waals surface area contributed by atoms with Gasteiger partial charge in [0.15, 0.2) is 0 Å². The first-order chi connectivity index (χ1) is 8.24. The van der Waals surface area contributed by atoms with Crippen LogP contribution in [-0.2, 0) is 4.79 Å². The molecule has 17 heavy (non-hydrogen) atoms. The number of hydrogen-bond donors (Lipinski definition) is 0. The van der Waals surface area contributed by atoms with Crippen molar-refractivity contribution in [3.05, 3.63) is 42.5 Å². The lowest BCUT2D eigenvalue weighted by molar-refractivity contribution is -0.131. The fraction of sp³-hybridized carbons (Fsp3) is 0.0714. The Morgan fingerprint density at radius 1 is 1.06 bits per heavy atom. The second-order valence-corrected chi connectivity index (χ2v) is 3.85. The molecule has 3 nitrogen and oxygen atoms in total. The first-order valence-corrected chi connectivity index (χ1v) is 5.34. The molecule has 0 spiro atoms. The average Bonchev–Trinajstić information content (AvgIpc) is 2.65. The van der Waals surface area contributed by atoms with Gasteiger partial charge in [-0.1, -0.05) is 18.2 Å². The van der Waals surface area contributed by atoms with Crippen molar-refractivity contribution in [1.29, 1.82) is 0 Å². The minimum absolute atomic E-state index is 0.333. The molecule has 0 atom stereocenters. The highest BCUT2D eigenvalue weighted by Gasteiger charge is 2.07. The zero-order valence-electron chi connectivity index (χ0n) is 9.27. The van der Waals surface area contributed by atoms with Gasteiger partial charge in [0.25, 0.3) is 0 Å². The summed E-state index contributed by atoms with van der Waals surface area (Å²) in [5, 5.41) is 2.09. The van der Waals surface area contributed by atoms with Crippen LogP contribution in [0.3, 0.4) is 0 Å². The molecule has 0 bridgehead atoms. The van der Waals surface area contributed by atoms with Crippen molar-refractivity contribution in [2.75, 3.05) is 0 Å². The molecule has 0 saturated heterocycles. The minimum Gasteiger partial charge on any atom is -0.456 e. The number of para-hydroxylation sites is 1. The summed E-state index contributed by atoms with van der Waals surface area (Å²) in [4.78, 5) is 10.9. The summed E-state index contributed by atoms with van der Waals surface area (Å²) in [6.45, 7) is 1.38. The van der Waals surface area contributed by atoms with Crippen molar-refractivity contribution in [3.8, 4) is 5.75 Å². The van der Waals surface area contributed by atoms with Gasteiger partial charge in [-0.25, -0.2) is 0 Å². The number of ether oxygens (including phenoxy) is 1. The number of carbonyl (C=O) groups is 1. The van der Waals surface area contributed by atoms with Gasteiger partial charge in [0.2, 0.25) is 0 Å². The molecule has 0 aliphatic heterocycles. The molecule has 0 amide bonds. The van der Waals surface area contributed by atoms with E-state index in [-0.39, 0.29) is 5.97 Å². The van der Waals surface area contributed by atoms with Gasteiger partial charge in [0.1, 0.15) is 16.9 Å². The Kier molecular flexibility index (Phi) is 2.11. The molecule has 0 unspecified atom stereocenters. The highest BCUT2D eigenvalue weighted by atomic mass is 16.5. The fourth-order valence-electron chi connectivity index (χ4n) is 1.94. The van der Waals surface area contributed by atoms with Gasteiger partial charge in [0, 0.05) is 23.8 Å². The van der Waals surface area contributed by atoms with Gasteiger partial charge in [-0.05, 0) is 18.2 Å². The van der Waals surface area contributed by atoms with Gasteiger partial charge in [-0.2, -0.15) is 0 Å². The number of furan rings is 1. The Hall–Kier alpha value is -2.29. The van der Waals surface area contributed by atoms with E-state index in [1.165, 1.54) is 6.92 Å². The van der Waals surface area contributed by atoms with E-state index in [1.807, 2.05) is 30.3 Å². The first-order valence-electron chi connectivity index (χ1n) is 5.34. The van der Waals surface area contributed by atoms with E-state index in [2.05, 4.69) is 0 Å². The van der Waals surface area contributed by atoms with Crippen molar-refractivity contribution in [1.82, 2.24) is 0 Å². The van der Waals surface area contributed by atoms with Gasteiger partial charge in [0.05, 0.1) is 0 Å². The number of fused-ring (bicyclic) bond motifs is 3. The van der Waals surface area contributed by atoms with E-state index in [9.17, 15) is 4.79 Å². The predicted molar refractivity (Wildman–Crippen MR) is 65.0 cm³/mol. The molecular formula is C14H10O3. The van der Waals surface area contributed by atoms with Crippen molar-refractivity contribution in [2.24, 2.45) is 0 Å². The van der Waals surface area contributed by atoms with E-state index >= 15 is 0 Å². The Balaban J connectivity index is 2.23. The zero-order valence-corrected chi connectivity index (χ0v) is 9.27. The van der Waals surface area contributed by atoms with Crippen LogP contribution in [0.1, 0.15) is 6.92 Å². The summed E-state index contributed by atoms with van der Waals surface area (Å²) < 4.78 is 10.7. The van der Waals surface area contributed by atoms with Gasteiger partial charge in [-0.3, -0.25) is 4.79 Å². The topological polar surface area (TPSA) is 39.4 Å². The maximum absolute atomic E-state index is 10.9. The predicted octanol–water partition coefficient (Wildman–Crippen LogP) is 3.51. The molecule has 0 aliphatic rings. The molecule has 3 rings (SSSR count). The Labute approximate surface area is 97.6 Å². The second kappa shape index (κ2) is 3.63. The highest BCUT2D eigenvalue weighted by Crippen LogP contribution is 2.30. The quantitative estimate of drug-likeness (QED) is 0.471. The number of rotatable bonds is 1. The molecule has 84 valence electrons. The zero-order chi connectivity index (χ0) is 11.8. The Bertz CT molecular complexity index is 710. The standard InChI is InChI=1S/C14H10O3/c1-9(15)16-10-6-7-12-11-4-2-3-5-13(11)17-14(12)8-10/h2-8H,1H3. The molecule has 0 fully saturated rings. The summed E-state index contributed by atoms with van der Waals surface area (Å²) in [6.07, 6.45) is 0. The van der Waals surface area contributed by atoms with Crippen LogP contribution in [0.4, 0.5) is 0 Å². The van der Waals surface area contributed by atoms with Gasteiger partial charge >= 0.3 is 5.97 Å². The Morgan fingerprint density at radius 2 is 1.82 bits per heavy atom. The summed E-state index contributed by atoms with van der Waals surface area (Å²) in [6, 6.07) is 13.2. The number of benzene rings is 2. The van der Waals surface area contributed by atoms with Crippen LogP contribution in [0.15, 0.2) is 46.9 Å². The third-order valence-corrected chi connectivity index (χ3v) is 2.61. The molecule has 0 saturated carbocycles. The van der Waals surface area contributed by atoms with Crippen LogP contribution in [0.5, 0.6) is 5.75 Å². The summed E-state index contributed by atoms with van der Waals surface area (Å²) in [5.74, 6) is 0.171. The molecule has 3 aromatic rings. The van der Waals surface area contributed by atoms with E-state index < -0.39 is 0 Å². The lowest BCUT2D eigenvalue weighted by Gasteiger charge is -1.99. The molecule has 0 N–H and O–H groups in total. The third kappa shape index (κ3) is 1.65. The highest BCUT2D eigenvalue weighted by molar-refractivity contribution is 6.05. The summed E-state index contributed by atoms with van der Waals surface area (Å²) in [7, 11) is 0. The van der Waals surface area contributed by atoms with Gasteiger partial charge < -0.3 is 9.15 Å². The lowest BCUT2D eigenvalue weighted by Crippen LogP contribution is -2.00. The summed E-state index contributed by atoms with van der Waals surface area (Å²) >= 11 is 0. The van der Waals surface area contributed by atoms with E-state index in [0.29, 0.717) is 5.75 Å². The fourth-order valence-corrected chi connectivity index (χ4v) is 1.94. The summed E-state index contributed by atoms with van der Waals surface area (Å²) in [5.41, 5.74) is 1.56. The monoisotopic (exact) mass is 226 g/mol. The van der Waals surface area contributed by atoms with E-state index in [0.717, 1.165) is 21.9 Å². The Morgan fingerprint density at radius 3 is 2.65 bits per heavy atom. The second-order valence-electron chi connectivity index (χ2n) is 3.85. The minimum atomic E-state index is -0.333. The molecule has 3 heteroatoms. The van der Waals surface area contributed by atoms with Gasteiger partial charge in [-0.15, -0.1) is 0 Å². The first kappa shape index (κ1) is 9.90. The van der Waals surface area contributed by atoms with Crippen molar-refractivity contribution < 1.29 is 13.9 Å². The molecule has 0 radical (unpaired) electrons. The van der Waals surface area contributed by atoms with Crippen LogP contribution >= 0.6 is 0 Å². The van der Waals surface area contributed by atoms with Crippen LogP contribution in [0.2, 0.25) is 0 Å². The number of hydrogen-bond acceptors (Lipinski definition) is 3. The number of carbonyl (C=O) groups excluding carboxylic acids is 1. The molecule has 2 aromatic carbocycles. The van der Waals surface area contributed by atoms with Crippen LogP contribution in [0, 0.1) is 0 Å². The lowest BCUT2D eigenvalue weighted by atomic mass is 10.1. The average molecular weight is 226 g/mol. The molecular weight excluding hydrogens is 216 g/mol. The van der Waals surface area contributed by atoms with Crippen LogP contribution < -0.4 is 4.74 Å². The number of esters is 1. The normalized spacial score (nSPS) is 10.9. The third-order valence-electron chi connectivity index (χ3n) is 2.61. The van der Waals surface area contributed by atoms with Crippen molar-refractivity contribution in [2.45, 2.75) is 6.92 Å². The van der Waals surface area contributed by atoms with Crippen molar-refractivity contribution in [3.63, 3.8) is 0 Å². The molecule has 1 aromatic heterocycles. The molecule has 0 aliphatic carbocycles. The van der Waals surface area contributed by atoms with Crippen LogP contribution in [-0.4, -0.2) is 5.97 Å². The maximum atomic E-state index is 10.9. The maximum Gasteiger partial charge on any atom is 0.308 e. The van der Waals surface area contributed by atoms with E-state index in [4.69, 9.17) is 9.15 Å². The SMILES string of the molecule is CC(=O)Oc1ccc2c(c1)oc1ccccc12. The van der Waals surface area contributed by atoms with E-state index in [1.54, 1.807) is 12.1 Å². The van der Waals surface area contributed by atoms with Crippen LogP contribution in [0.25, 0.3) is 21.9 Å². The largest absolute Gasteiger partial charge is 0.456 e.